The fourth-order valence-electron chi connectivity index (χ4n) is 3.72. The number of aliphatic hydroxyl groups excluding tert-OH is 1. The SMILES string of the molecule is OCCc1ccc2c(C(F)(F)F)c(OC3CCC(C(F)(F)F)CC3)ccc2c1. The number of benzene rings is 2. The molecule has 0 unspecified atom stereocenters. The summed E-state index contributed by atoms with van der Waals surface area (Å²) in [5.74, 6) is -1.78. The van der Waals surface area contributed by atoms with Gasteiger partial charge in [0.05, 0.1) is 12.0 Å². The van der Waals surface area contributed by atoms with E-state index in [1.54, 1.807) is 6.07 Å². The van der Waals surface area contributed by atoms with E-state index in [1.165, 1.54) is 24.3 Å². The summed E-state index contributed by atoms with van der Waals surface area (Å²) in [6, 6.07) is 7.17. The highest BCUT2D eigenvalue weighted by Crippen LogP contribution is 2.44. The molecule has 1 N–H and O–H groups in total. The molecule has 8 heteroatoms. The molecule has 0 radical (unpaired) electrons. The van der Waals surface area contributed by atoms with Crippen molar-refractivity contribution in [2.45, 2.75) is 50.6 Å². The van der Waals surface area contributed by atoms with Gasteiger partial charge >= 0.3 is 12.4 Å². The molecule has 0 atom stereocenters. The van der Waals surface area contributed by atoms with E-state index in [-0.39, 0.29) is 43.4 Å². The van der Waals surface area contributed by atoms with E-state index in [2.05, 4.69) is 0 Å². The minimum Gasteiger partial charge on any atom is -0.490 e. The Morgan fingerprint density at radius 2 is 1.61 bits per heavy atom. The van der Waals surface area contributed by atoms with E-state index in [4.69, 9.17) is 9.84 Å². The highest BCUT2D eigenvalue weighted by atomic mass is 19.4. The lowest BCUT2D eigenvalue weighted by Crippen LogP contribution is -2.32. The summed E-state index contributed by atoms with van der Waals surface area (Å²) < 4.78 is 85.0. The molecule has 1 aliphatic rings. The summed E-state index contributed by atoms with van der Waals surface area (Å²) in [7, 11) is 0. The van der Waals surface area contributed by atoms with Crippen LogP contribution in [0.15, 0.2) is 30.3 Å². The van der Waals surface area contributed by atoms with Crippen LogP contribution < -0.4 is 4.74 Å². The molecule has 28 heavy (non-hydrogen) atoms. The predicted molar refractivity (Wildman–Crippen MR) is 92.2 cm³/mol. The summed E-state index contributed by atoms with van der Waals surface area (Å²) in [5.41, 5.74) is -0.208. The van der Waals surface area contributed by atoms with Crippen LogP contribution in [0.3, 0.4) is 0 Å². The Labute approximate surface area is 158 Å². The third kappa shape index (κ3) is 4.54. The molecule has 2 aromatic rings. The van der Waals surface area contributed by atoms with Gasteiger partial charge in [-0.2, -0.15) is 26.3 Å². The van der Waals surface area contributed by atoms with E-state index >= 15 is 0 Å². The predicted octanol–water partition coefficient (Wildman–Crippen LogP) is 5.89. The quantitative estimate of drug-likeness (QED) is 0.642. The van der Waals surface area contributed by atoms with Gasteiger partial charge in [0.2, 0.25) is 0 Å². The second kappa shape index (κ2) is 7.81. The minimum atomic E-state index is -4.67. The maximum absolute atomic E-state index is 13.7. The third-order valence-electron chi connectivity index (χ3n) is 5.16. The number of ether oxygens (including phenoxy) is 1. The van der Waals surface area contributed by atoms with E-state index < -0.39 is 29.9 Å². The number of hydrogen-bond donors (Lipinski definition) is 1. The Hall–Kier alpha value is -1.96. The Morgan fingerprint density at radius 1 is 0.929 bits per heavy atom. The fourth-order valence-corrected chi connectivity index (χ4v) is 3.72. The number of hydrogen-bond acceptors (Lipinski definition) is 2. The normalized spacial score (nSPS) is 21.1. The van der Waals surface area contributed by atoms with Gasteiger partial charge < -0.3 is 9.84 Å². The summed E-state index contributed by atoms with van der Waals surface area (Å²) in [4.78, 5) is 0. The van der Waals surface area contributed by atoms with Gasteiger partial charge in [0, 0.05) is 6.61 Å². The summed E-state index contributed by atoms with van der Waals surface area (Å²) >= 11 is 0. The lowest BCUT2D eigenvalue weighted by Gasteiger charge is -2.31. The molecule has 0 spiro atoms. The maximum atomic E-state index is 13.7. The van der Waals surface area contributed by atoms with Crippen LogP contribution in [0.1, 0.15) is 36.8 Å². The molecule has 2 aromatic carbocycles. The first-order valence-electron chi connectivity index (χ1n) is 9.06. The molecule has 2 nitrogen and oxygen atoms in total. The molecule has 0 amide bonds. The van der Waals surface area contributed by atoms with Crippen molar-refractivity contribution in [2.75, 3.05) is 6.61 Å². The van der Waals surface area contributed by atoms with Gasteiger partial charge in [0.15, 0.2) is 0 Å². The molecular weight excluding hydrogens is 386 g/mol. The number of halogens is 6. The molecule has 1 aliphatic carbocycles. The fraction of sp³-hybridized carbons (Fsp3) is 0.500. The maximum Gasteiger partial charge on any atom is 0.420 e. The second-order valence-corrected chi connectivity index (χ2v) is 7.10. The lowest BCUT2D eigenvalue weighted by atomic mass is 9.87. The first-order valence-corrected chi connectivity index (χ1v) is 9.06. The Bertz CT molecular complexity index is 820. The Kier molecular flexibility index (Phi) is 5.79. The summed E-state index contributed by atoms with van der Waals surface area (Å²) in [6.45, 7) is -0.112. The van der Waals surface area contributed by atoms with E-state index in [1.807, 2.05) is 0 Å². The van der Waals surface area contributed by atoms with Crippen LogP contribution in [0.5, 0.6) is 5.75 Å². The van der Waals surface area contributed by atoms with Crippen molar-refractivity contribution >= 4 is 10.8 Å². The zero-order valence-electron chi connectivity index (χ0n) is 14.9. The molecule has 0 saturated heterocycles. The molecule has 0 aliphatic heterocycles. The third-order valence-corrected chi connectivity index (χ3v) is 5.16. The van der Waals surface area contributed by atoms with Crippen LogP contribution in [0.25, 0.3) is 10.8 Å². The van der Waals surface area contributed by atoms with Crippen molar-refractivity contribution in [3.05, 3.63) is 41.5 Å². The van der Waals surface area contributed by atoms with Crippen molar-refractivity contribution in [3.8, 4) is 5.75 Å². The van der Waals surface area contributed by atoms with Gasteiger partial charge in [-0.25, -0.2) is 0 Å². The lowest BCUT2D eigenvalue weighted by molar-refractivity contribution is -0.185. The summed E-state index contributed by atoms with van der Waals surface area (Å²) in [5, 5.41) is 9.34. The second-order valence-electron chi connectivity index (χ2n) is 7.10. The zero-order chi connectivity index (χ0) is 20.5. The van der Waals surface area contributed by atoms with E-state index in [9.17, 15) is 26.3 Å². The van der Waals surface area contributed by atoms with Crippen molar-refractivity contribution in [1.82, 2.24) is 0 Å². The Morgan fingerprint density at radius 3 is 2.18 bits per heavy atom. The molecular formula is C20H20F6O2. The highest BCUT2D eigenvalue weighted by molar-refractivity contribution is 5.89. The Balaban J connectivity index is 1.88. The smallest absolute Gasteiger partial charge is 0.420 e. The van der Waals surface area contributed by atoms with Gasteiger partial charge in [-0.3, -0.25) is 0 Å². The molecule has 3 rings (SSSR count). The van der Waals surface area contributed by atoms with Gasteiger partial charge in [-0.1, -0.05) is 24.3 Å². The van der Waals surface area contributed by atoms with Crippen LogP contribution >= 0.6 is 0 Å². The van der Waals surface area contributed by atoms with Gasteiger partial charge in [0.1, 0.15) is 11.3 Å². The molecule has 154 valence electrons. The molecule has 0 bridgehead atoms. The average Bonchev–Trinajstić information content (AvgIpc) is 2.60. The van der Waals surface area contributed by atoms with Crippen LogP contribution in [0, 0.1) is 5.92 Å². The number of alkyl halides is 6. The van der Waals surface area contributed by atoms with Crippen molar-refractivity contribution in [3.63, 3.8) is 0 Å². The summed E-state index contributed by atoms with van der Waals surface area (Å²) in [6.07, 6.45) is -9.46. The van der Waals surface area contributed by atoms with Crippen molar-refractivity contribution in [2.24, 2.45) is 5.92 Å². The van der Waals surface area contributed by atoms with Crippen LogP contribution in [0.2, 0.25) is 0 Å². The van der Waals surface area contributed by atoms with Crippen molar-refractivity contribution < 1.29 is 36.2 Å². The molecule has 0 heterocycles. The molecule has 1 saturated carbocycles. The average molecular weight is 406 g/mol. The number of fused-ring (bicyclic) bond motifs is 1. The first kappa shape index (κ1) is 20.8. The van der Waals surface area contributed by atoms with Crippen LogP contribution in [-0.4, -0.2) is 24.0 Å². The zero-order valence-corrected chi connectivity index (χ0v) is 14.9. The topological polar surface area (TPSA) is 29.5 Å². The number of aliphatic hydroxyl groups is 1. The van der Waals surface area contributed by atoms with Crippen LogP contribution in [-0.2, 0) is 12.6 Å². The largest absolute Gasteiger partial charge is 0.490 e. The van der Waals surface area contributed by atoms with Crippen molar-refractivity contribution in [1.29, 1.82) is 0 Å². The van der Waals surface area contributed by atoms with E-state index in [0.29, 0.717) is 17.4 Å². The monoisotopic (exact) mass is 406 g/mol. The van der Waals surface area contributed by atoms with Gasteiger partial charge in [-0.05, 0) is 54.5 Å². The molecule has 0 aromatic heterocycles. The van der Waals surface area contributed by atoms with Crippen LogP contribution in [0.4, 0.5) is 26.3 Å². The minimum absolute atomic E-state index is 0.0318. The standard InChI is InChI=1S/C20H20F6O2/c21-19(22,23)14-3-5-15(6-4-14)28-17-8-2-13-11-12(9-10-27)1-7-16(13)18(17)20(24,25)26/h1-2,7-8,11,14-15,27H,3-6,9-10H2. The highest BCUT2D eigenvalue weighted by Gasteiger charge is 2.42. The van der Waals surface area contributed by atoms with E-state index in [0.717, 1.165) is 0 Å². The van der Waals surface area contributed by atoms with Gasteiger partial charge in [-0.15, -0.1) is 0 Å². The number of rotatable bonds is 4. The first-order chi connectivity index (χ1) is 13.1. The molecule has 1 fully saturated rings. The van der Waals surface area contributed by atoms with Gasteiger partial charge in [0.25, 0.3) is 0 Å².